The van der Waals surface area contributed by atoms with Gasteiger partial charge in [-0.15, -0.1) is 0 Å². The summed E-state index contributed by atoms with van der Waals surface area (Å²) in [6.07, 6.45) is 4.13. The van der Waals surface area contributed by atoms with E-state index in [9.17, 15) is 5.11 Å². The molecule has 3 rings (SSSR count). The Morgan fingerprint density at radius 3 is 2.56 bits per heavy atom. The van der Waals surface area contributed by atoms with Gasteiger partial charge in [0.1, 0.15) is 36.0 Å². The molecule has 0 bridgehead atoms. The smallest absolute Gasteiger partial charge is 0.356 e. The number of para-hydroxylation sites is 3. The molecule has 3 aromatic rings. The zero-order chi connectivity index (χ0) is 19.1. The van der Waals surface area contributed by atoms with Gasteiger partial charge in [-0.05, 0) is 30.7 Å². The Kier molecular flexibility index (Phi) is 6.71. The van der Waals surface area contributed by atoms with Crippen LogP contribution in [0, 0.1) is 0 Å². The van der Waals surface area contributed by atoms with E-state index in [-0.39, 0.29) is 6.61 Å². The normalized spacial score (nSPS) is 12.4. The lowest BCUT2D eigenvalue weighted by Crippen LogP contribution is -2.43. The van der Waals surface area contributed by atoms with E-state index in [1.807, 2.05) is 47.0 Å². The van der Waals surface area contributed by atoms with E-state index in [2.05, 4.69) is 23.6 Å². The first kappa shape index (κ1) is 19.2. The topological polar surface area (TPSA) is 64.3 Å². The third kappa shape index (κ3) is 4.80. The molecule has 0 saturated heterocycles. The summed E-state index contributed by atoms with van der Waals surface area (Å²) in [5.74, 6) is 1.44. The molecule has 2 aromatic carbocycles. The summed E-state index contributed by atoms with van der Waals surface area (Å²) in [7, 11) is 0. The maximum absolute atomic E-state index is 10.5. The Morgan fingerprint density at radius 2 is 1.78 bits per heavy atom. The Morgan fingerprint density at radius 1 is 1.04 bits per heavy atom. The number of unbranched alkanes of at least 4 members (excludes halogenated alkanes) is 3. The van der Waals surface area contributed by atoms with E-state index >= 15 is 0 Å². The summed E-state index contributed by atoms with van der Waals surface area (Å²) in [6.45, 7) is 3.75. The highest BCUT2D eigenvalue weighted by Gasteiger charge is 2.22. The molecular formula is C22H30N3O2+. The van der Waals surface area contributed by atoms with Crippen molar-refractivity contribution in [2.24, 2.45) is 0 Å². The molecule has 27 heavy (non-hydrogen) atoms. The maximum atomic E-state index is 10.5. The van der Waals surface area contributed by atoms with Crippen molar-refractivity contribution in [3.63, 3.8) is 0 Å². The summed E-state index contributed by atoms with van der Waals surface area (Å²) >= 11 is 0. The standard InChI is InChI=1S/C22H29N3O2/c1-2-3-4-10-15-24-20-13-8-9-14-21(20)25(22(24)23)16-18(26)17-27-19-11-6-5-7-12-19/h5-9,11-14,18,23,26H,2-4,10,15-17H2,1H3/p+1/t18-/m1/s1. The van der Waals surface area contributed by atoms with Gasteiger partial charge in [0.2, 0.25) is 0 Å². The van der Waals surface area contributed by atoms with Gasteiger partial charge in [0.25, 0.3) is 0 Å². The minimum atomic E-state index is -0.642. The molecule has 0 spiro atoms. The maximum Gasteiger partial charge on any atom is 0.356 e. The van der Waals surface area contributed by atoms with Gasteiger partial charge in [-0.3, -0.25) is 5.73 Å². The Hall–Kier alpha value is -2.53. The van der Waals surface area contributed by atoms with Crippen molar-refractivity contribution in [1.29, 1.82) is 0 Å². The number of nitrogen functional groups attached to an aromatic ring is 1. The first-order chi connectivity index (χ1) is 13.2. The second-order valence-corrected chi connectivity index (χ2v) is 6.95. The van der Waals surface area contributed by atoms with Crippen molar-refractivity contribution in [2.45, 2.75) is 51.8 Å². The summed E-state index contributed by atoms with van der Waals surface area (Å²) < 4.78 is 9.84. The Balaban J connectivity index is 1.72. The van der Waals surface area contributed by atoms with Gasteiger partial charge in [-0.1, -0.05) is 56.5 Å². The van der Waals surface area contributed by atoms with Crippen LogP contribution in [0.5, 0.6) is 5.75 Å². The predicted molar refractivity (Wildman–Crippen MR) is 109 cm³/mol. The number of imidazole rings is 1. The zero-order valence-corrected chi connectivity index (χ0v) is 16.1. The van der Waals surface area contributed by atoms with E-state index in [0.29, 0.717) is 12.5 Å². The van der Waals surface area contributed by atoms with Crippen molar-refractivity contribution in [3.05, 3.63) is 54.6 Å². The molecule has 1 heterocycles. The number of aromatic nitrogens is 2. The quantitative estimate of drug-likeness (QED) is 0.425. The number of aliphatic hydroxyl groups is 1. The number of benzene rings is 2. The number of hydrogen-bond donors (Lipinski definition) is 2. The Bertz CT molecular complexity index is 845. The number of hydrogen-bond acceptors (Lipinski definition) is 3. The molecule has 0 unspecified atom stereocenters. The highest BCUT2D eigenvalue weighted by molar-refractivity contribution is 5.73. The lowest BCUT2D eigenvalue weighted by molar-refractivity contribution is -0.665. The van der Waals surface area contributed by atoms with E-state index in [1.165, 1.54) is 19.3 Å². The fraction of sp³-hybridized carbons (Fsp3) is 0.409. The summed E-state index contributed by atoms with van der Waals surface area (Å²) in [5, 5.41) is 10.5. The van der Waals surface area contributed by atoms with Gasteiger partial charge >= 0.3 is 5.95 Å². The number of anilines is 1. The Labute approximate surface area is 161 Å². The third-order valence-corrected chi connectivity index (χ3v) is 4.83. The van der Waals surface area contributed by atoms with Gasteiger partial charge < -0.3 is 9.84 Å². The van der Waals surface area contributed by atoms with Crippen LogP contribution in [0.2, 0.25) is 0 Å². The van der Waals surface area contributed by atoms with Crippen LogP contribution in [0.4, 0.5) is 5.95 Å². The lowest BCUT2D eigenvalue weighted by atomic mass is 10.2. The fourth-order valence-electron chi connectivity index (χ4n) is 3.41. The first-order valence-corrected chi connectivity index (χ1v) is 9.83. The number of aliphatic hydroxyl groups excluding tert-OH is 1. The van der Waals surface area contributed by atoms with Crippen LogP contribution in [-0.2, 0) is 13.1 Å². The molecule has 0 fully saturated rings. The average Bonchev–Trinajstić information content (AvgIpc) is 2.96. The molecule has 5 nitrogen and oxygen atoms in total. The SMILES string of the molecule is CCCCCCn1c(N)[n+](C[C@@H](O)COc2ccccc2)c2ccccc21. The van der Waals surface area contributed by atoms with Crippen molar-refractivity contribution >= 4 is 17.0 Å². The van der Waals surface area contributed by atoms with Crippen molar-refractivity contribution in [2.75, 3.05) is 12.3 Å². The van der Waals surface area contributed by atoms with Gasteiger partial charge in [-0.2, -0.15) is 0 Å². The van der Waals surface area contributed by atoms with Gasteiger partial charge in [0.05, 0.1) is 6.54 Å². The monoisotopic (exact) mass is 368 g/mol. The van der Waals surface area contributed by atoms with E-state index < -0.39 is 6.10 Å². The van der Waals surface area contributed by atoms with Gasteiger partial charge in [-0.25, -0.2) is 9.13 Å². The van der Waals surface area contributed by atoms with Crippen LogP contribution in [0.15, 0.2) is 54.6 Å². The van der Waals surface area contributed by atoms with Crippen molar-refractivity contribution < 1.29 is 14.4 Å². The number of nitrogens with zero attached hydrogens (tertiary/aromatic N) is 2. The third-order valence-electron chi connectivity index (χ3n) is 4.83. The van der Waals surface area contributed by atoms with Crippen LogP contribution in [0.1, 0.15) is 32.6 Å². The average molecular weight is 369 g/mol. The van der Waals surface area contributed by atoms with Crippen LogP contribution in [-0.4, -0.2) is 22.4 Å². The van der Waals surface area contributed by atoms with E-state index in [4.69, 9.17) is 10.5 Å². The first-order valence-electron chi connectivity index (χ1n) is 9.83. The van der Waals surface area contributed by atoms with E-state index in [0.717, 1.165) is 29.7 Å². The molecule has 144 valence electrons. The molecule has 0 amide bonds. The molecule has 0 saturated carbocycles. The van der Waals surface area contributed by atoms with Gasteiger partial charge in [0.15, 0.2) is 0 Å². The molecule has 0 aliphatic rings. The molecule has 0 aliphatic heterocycles. The van der Waals surface area contributed by atoms with Crippen LogP contribution in [0.3, 0.4) is 0 Å². The molecule has 0 aliphatic carbocycles. The minimum Gasteiger partial charge on any atom is -0.491 e. The number of rotatable bonds is 10. The lowest BCUT2D eigenvalue weighted by Gasteiger charge is -2.12. The number of fused-ring (bicyclic) bond motifs is 1. The second kappa shape index (κ2) is 9.42. The fourth-order valence-corrected chi connectivity index (χ4v) is 3.41. The molecule has 0 radical (unpaired) electrons. The molecular weight excluding hydrogens is 338 g/mol. The summed E-state index contributed by atoms with van der Waals surface area (Å²) in [6, 6.07) is 17.7. The van der Waals surface area contributed by atoms with Crippen LogP contribution in [0.25, 0.3) is 11.0 Å². The minimum absolute atomic E-state index is 0.229. The molecule has 1 aromatic heterocycles. The molecule has 5 heteroatoms. The van der Waals surface area contributed by atoms with Crippen LogP contribution >= 0.6 is 0 Å². The number of nitrogens with two attached hydrogens (primary N) is 1. The largest absolute Gasteiger partial charge is 0.491 e. The highest BCUT2D eigenvalue weighted by atomic mass is 16.5. The predicted octanol–water partition coefficient (Wildman–Crippen LogP) is 3.53. The zero-order valence-electron chi connectivity index (χ0n) is 16.1. The highest BCUT2D eigenvalue weighted by Crippen LogP contribution is 2.18. The number of aryl methyl sites for hydroxylation is 1. The van der Waals surface area contributed by atoms with Crippen molar-refractivity contribution in [1.82, 2.24) is 4.57 Å². The molecule has 3 N–H and O–H groups in total. The molecule has 1 atom stereocenters. The second-order valence-electron chi connectivity index (χ2n) is 6.95. The number of ether oxygens (including phenoxy) is 1. The van der Waals surface area contributed by atoms with Gasteiger partial charge in [0, 0.05) is 0 Å². The van der Waals surface area contributed by atoms with Crippen molar-refractivity contribution in [3.8, 4) is 5.75 Å². The van der Waals surface area contributed by atoms with Crippen LogP contribution < -0.4 is 15.0 Å². The summed E-state index contributed by atoms with van der Waals surface area (Å²) in [4.78, 5) is 0. The summed E-state index contributed by atoms with van der Waals surface area (Å²) in [5.41, 5.74) is 8.62. The van der Waals surface area contributed by atoms with E-state index in [1.54, 1.807) is 0 Å².